The minimum Gasteiger partial charge on any atom is -0.481 e. The lowest BCUT2D eigenvalue weighted by Crippen LogP contribution is -2.53. The van der Waals surface area contributed by atoms with Gasteiger partial charge in [0.25, 0.3) is 0 Å². The third-order valence-corrected chi connectivity index (χ3v) is 3.64. The number of hydrogen-bond donors (Lipinski definition) is 3. The van der Waals surface area contributed by atoms with Crippen LogP contribution in [0.4, 0.5) is 0 Å². The highest BCUT2D eigenvalue weighted by Crippen LogP contribution is 2.32. The summed E-state index contributed by atoms with van der Waals surface area (Å²) in [6, 6.07) is -0.517. The van der Waals surface area contributed by atoms with E-state index in [1.165, 1.54) is 0 Å². The lowest BCUT2D eigenvalue weighted by molar-refractivity contribution is -0.139. The number of unbranched alkanes of at least 4 members (excludes halogenated alkanes) is 1. The van der Waals surface area contributed by atoms with Crippen molar-refractivity contribution < 1.29 is 14.7 Å². The van der Waals surface area contributed by atoms with E-state index in [9.17, 15) is 9.59 Å². The monoisotopic (exact) mass is 256 g/mol. The molecule has 5 heteroatoms. The molecule has 4 N–H and O–H groups in total. The predicted molar refractivity (Wildman–Crippen MR) is 69.1 cm³/mol. The van der Waals surface area contributed by atoms with Crippen LogP contribution >= 0.6 is 0 Å². The normalized spacial score (nSPS) is 19.4. The van der Waals surface area contributed by atoms with Crippen LogP contribution in [0.15, 0.2) is 0 Å². The van der Waals surface area contributed by atoms with Gasteiger partial charge < -0.3 is 16.2 Å². The van der Waals surface area contributed by atoms with Gasteiger partial charge in [-0.3, -0.25) is 9.59 Å². The van der Waals surface area contributed by atoms with Crippen LogP contribution in [0, 0.1) is 0 Å². The van der Waals surface area contributed by atoms with Crippen molar-refractivity contribution in [2.45, 2.75) is 69.9 Å². The molecule has 0 saturated heterocycles. The predicted octanol–water partition coefficient (Wildman–Crippen LogP) is 1.41. The molecule has 0 heterocycles. The number of aliphatic carboxylic acids is 1. The van der Waals surface area contributed by atoms with Crippen LogP contribution in [-0.2, 0) is 9.59 Å². The summed E-state index contributed by atoms with van der Waals surface area (Å²) in [6.45, 7) is 2.05. The van der Waals surface area contributed by atoms with E-state index in [0.717, 1.165) is 38.5 Å². The minimum absolute atomic E-state index is 0.000756. The summed E-state index contributed by atoms with van der Waals surface area (Å²) in [5.74, 6) is -1.06. The van der Waals surface area contributed by atoms with E-state index in [2.05, 4.69) is 5.32 Å². The molecule has 0 aliphatic heterocycles. The summed E-state index contributed by atoms with van der Waals surface area (Å²) < 4.78 is 0. The molecule has 18 heavy (non-hydrogen) atoms. The largest absolute Gasteiger partial charge is 0.481 e. The molecule has 0 spiro atoms. The lowest BCUT2D eigenvalue weighted by atomic mass is 9.92. The average molecular weight is 256 g/mol. The molecule has 1 aliphatic carbocycles. The molecule has 1 atom stereocenters. The molecular formula is C13H24N2O3. The number of carbonyl (C=O) groups excluding carboxylic acids is 1. The molecule has 0 aromatic heterocycles. The summed E-state index contributed by atoms with van der Waals surface area (Å²) in [5.41, 5.74) is 5.25. The lowest BCUT2D eigenvalue weighted by Gasteiger charge is -2.30. The second-order valence-electron chi connectivity index (χ2n) is 5.30. The summed E-state index contributed by atoms with van der Waals surface area (Å²) in [7, 11) is 0. The zero-order chi connectivity index (χ0) is 13.6. The Balaban J connectivity index is 2.55. The Morgan fingerprint density at radius 3 is 2.50 bits per heavy atom. The maximum absolute atomic E-state index is 12.0. The van der Waals surface area contributed by atoms with Gasteiger partial charge in [0.05, 0.1) is 18.0 Å². The van der Waals surface area contributed by atoms with E-state index in [-0.39, 0.29) is 12.3 Å². The van der Waals surface area contributed by atoms with Crippen molar-refractivity contribution in [2.75, 3.05) is 0 Å². The topological polar surface area (TPSA) is 92.4 Å². The van der Waals surface area contributed by atoms with Crippen LogP contribution in [0.25, 0.3) is 0 Å². The van der Waals surface area contributed by atoms with Crippen LogP contribution in [0.3, 0.4) is 0 Å². The van der Waals surface area contributed by atoms with Gasteiger partial charge in [-0.25, -0.2) is 0 Å². The fraction of sp³-hybridized carbons (Fsp3) is 0.846. The molecule has 1 aliphatic rings. The molecule has 1 fully saturated rings. The number of nitrogens with two attached hydrogens (primary N) is 1. The van der Waals surface area contributed by atoms with Gasteiger partial charge in [-0.05, 0) is 19.3 Å². The fourth-order valence-corrected chi connectivity index (χ4v) is 2.60. The Labute approximate surface area is 108 Å². The maximum atomic E-state index is 12.0. The highest BCUT2D eigenvalue weighted by Gasteiger charge is 2.38. The molecule has 1 amide bonds. The van der Waals surface area contributed by atoms with Crippen molar-refractivity contribution in [3.8, 4) is 0 Å². The number of carbonyl (C=O) groups is 2. The maximum Gasteiger partial charge on any atom is 0.305 e. The average Bonchev–Trinajstić information content (AvgIpc) is 2.72. The van der Waals surface area contributed by atoms with Crippen molar-refractivity contribution in [3.63, 3.8) is 0 Å². The van der Waals surface area contributed by atoms with Gasteiger partial charge in [-0.15, -0.1) is 0 Å². The molecule has 0 aromatic carbocycles. The van der Waals surface area contributed by atoms with Gasteiger partial charge in [0, 0.05) is 0 Å². The van der Waals surface area contributed by atoms with Crippen LogP contribution in [0.2, 0.25) is 0 Å². The number of carboxylic acids is 1. The SMILES string of the molecule is CCCC[C@H](N)C(=O)NC1(CC(=O)O)CCCC1. The van der Waals surface area contributed by atoms with Crippen molar-refractivity contribution in [1.82, 2.24) is 5.32 Å². The Hall–Kier alpha value is -1.10. The van der Waals surface area contributed by atoms with E-state index in [4.69, 9.17) is 10.8 Å². The third-order valence-electron chi connectivity index (χ3n) is 3.64. The molecule has 0 unspecified atom stereocenters. The van der Waals surface area contributed by atoms with Crippen molar-refractivity contribution in [2.24, 2.45) is 5.73 Å². The fourth-order valence-electron chi connectivity index (χ4n) is 2.60. The van der Waals surface area contributed by atoms with Gasteiger partial charge in [-0.1, -0.05) is 32.6 Å². The summed E-state index contributed by atoms with van der Waals surface area (Å²) >= 11 is 0. The summed E-state index contributed by atoms with van der Waals surface area (Å²) in [5, 5.41) is 11.8. The molecular weight excluding hydrogens is 232 g/mol. The van der Waals surface area contributed by atoms with Gasteiger partial charge in [0.15, 0.2) is 0 Å². The smallest absolute Gasteiger partial charge is 0.305 e. The Morgan fingerprint density at radius 2 is 2.00 bits per heavy atom. The number of nitrogens with one attached hydrogen (secondary N) is 1. The van der Waals surface area contributed by atoms with E-state index in [1.807, 2.05) is 6.92 Å². The zero-order valence-electron chi connectivity index (χ0n) is 11.1. The first-order valence-electron chi connectivity index (χ1n) is 6.78. The number of carboxylic acid groups (broad SMARTS) is 1. The molecule has 0 aromatic rings. The van der Waals surface area contributed by atoms with Gasteiger partial charge in [0.2, 0.25) is 5.91 Å². The van der Waals surface area contributed by atoms with Crippen molar-refractivity contribution in [3.05, 3.63) is 0 Å². The second kappa shape index (κ2) is 6.73. The van der Waals surface area contributed by atoms with Crippen molar-refractivity contribution >= 4 is 11.9 Å². The Morgan fingerprint density at radius 1 is 1.39 bits per heavy atom. The van der Waals surface area contributed by atoms with Gasteiger partial charge in [0.1, 0.15) is 0 Å². The number of hydrogen-bond acceptors (Lipinski definition) is 3. The number of rotatable bonds is 7. The first-order chi connectivity index (χ1) is 8.49. The van der Waals surface area contributed by atoms with E-state index < -0.39 is 17.6 Å². The minimum atomic E-state index is -0.862. The Kier molecular flexibility index (Phi) is 5.59. The van der Waals surface area contributed by atoms with Crippen LogP contribution < -0.4 is 11.1 Å². The van der Waals surface area contributed by atoms with E-state index in [1.54, 1.807) is 0 Å². The molecule has 0 bridgehead atoms. The number of amides is 1. The first-order valence-corrected chi connectivity index (χ1v) is 6.78. The van der Waals surface area contributed by atoms with Gasteiger partial charge in [-0.2, -0.15) is 0 Å². The molecule has 0 radical (unpaired) electrons. The van der Waals surface area contributed by atoms with Crippen LogP contribution in [-0.4, -0.2) is 28.6 Å². The molecule has 104 valence electrons. The summed E-state index contributed by atoms with van der Waals surface area (Å²) in [4.78, 5) is 22.9. The van der Waals surface area contributed by atoms with Crippen LogP contribution in [0.5, 0.6) is 0 Å². The quantitative estimate of drug-likeness (QED) is 0.642. The Bertz CT molecular complexity index is 299. The zero-order valence-corrected chi connectivity index (χ0v) is 11.1. The highest BCUT2D eigenvalue weighted by atomic mass is 16.4. The van der Waals surface area contributed by atoms with Crippen molar-refractivity contribution in [1.29, 1.82) is 0 Å². The van der Waals surface area contributed by atoms with E-state index in [0.29, 0.717) is 6.42 Å². The summed E-state index contributed by atoms with van der Waals surface area (Å²) in [6.07, 6.45) is 6.00. The highest BCUT2D eigenvalue weighted by molar-refractivity contribution is 5.83. The van der Waals surface area contributed by atoms with E-state index >= 15 is 0 Å². The standard InChI is InChI=1S/C13H24N2O3/c1-2-3-6-10(14)12(18)15-13(9-11(16)17)7-4-5-8-13/h10H,2-9,14H2,1H3,(H,15,18)(H,16,17)/t10-/m0/s1. The molecule has 5 nitrogen and oxygen atoms in total. The molecule has 1 rings (SSSR count). The first kappa shape index (κ1) is 15.0. The molecule has 1 saturated carbocycles. The van der Waals surface area contributed by atoms with Crippen LogP contribution in [0.1, 0.15) is 58.3 Å². The van der Waals surface area contributed by atoms with Gasteiger partial charge >= 0.3 is 5.97 Å². The second-order valence-corrected chi connectivity index (χ2v) is 5.30. The third kappa shape index (κ3) is 4.29.